The molecule has 0 aliphatic carbocycles. The molecule has 1 aliphatic heterocycles. The highest BCUT2D eigenvalue weighted by molar-refractivity contribution is 9.10. The van der Waals surface area contributed by atoms with Crippen molar-refractivity contribution in [1.29, 1.82) is 0 Å². The topological polar surface area (TPSA) is 67.2 Å². The third-order valence-corrected chi connectivity index (χ3v) is 5.49. The Morgan fingerprint density at radius 2 is 2.00 bits per heavy atom. The van der Waals surface area contributed by atoms with E-state index in [1.165, 1.54) is 4.90 Å². The van der Waals surface area contributed by atoms with Gasteiger partial charge in [-0.1, -0.05) is 53.7 Å². The highest BCUT2D eigenvalue weighted by atomic mass is 79.9. The molecule has 1 aromatic carbocycles. The van der Waals surface area contributed by atoms with Crippen LogP contribution in [0.1, 0.15) is 13.8 Å². The molecule has 26 heavy (non-hydrogen) atoms. The van der Waals surface area contributed by atoms with Crippen molar-refractivity contribution in [3.8, 4) is 11.3 Å². The lowest BCUT2D eigenvalue weighted by molar-refractivity contribution is -0.124. The van der Waals surface area contributed by atoms with Crippen molar-refractivity contribution in [2.75, 3.05) is 18.8 Å². The van der Waals surface area contributed by atoms with Crippen LogP contribution in [0.15, 0.2) is 40.1 Å². The van der Waals surface area contributed by atoms with E-state index < -0.39 is 0 Å². The second-order valence-corrected chi connectivity index (χ2v) is 8.47. The Morgan fingerprint density at radius 1 is 1.27 bits per heavy atom. The zero-order valence-electron chi connectivity index (χ0n) is 14.7. The SMILES string of the molecule is CC(C)Cn1c(-c2ccc(Br)cc2)cnc1SCCN1C(=O)CNC1=O. The van der Waals surface area contributed by atoms with Crippen molar-refractivity contribution < 1.29 is 9.59 Å². The molecule has 8 heteroatoms. The molecule has 2 aromatic rings. The number of imidazole rings is 1. The molecule has 0 spiro atoms. The van der Waals surface area contributed by atoms with E-state index in [4.69, 9.17) is 0 Å². The van der Waals surface area contributed by atoms with Gasteiger partial charge in [-0.2, -0.15) is 0 Å². The first kappa shape index (κ1) is 19.0. The summed E-state index contributed by atoms with van der Waals surface area (Å²) in [6.07, 6.45) is 1.89. The van der Waals surface area contributed by atoms with Crippen molar-refractivity contribution in [3.63, 3.8) is 0 Å². The molecule has 1 N–H and O–H groups in total. The molecule has 3 amide bonds. The van der Waals surface area contributed by atoms with Crippen molar-refractivity contribution in [2.24, 2.45) is 5.92 Å². The Balaban J connectivity index is 1.75. The minimum absolute atomic E-state index is 0.0964. The summed E-state index contributed by atoms with van der Waals surface area (Å²) < 4.78 is 3.25. The number of aromatic nitrogens is 2. The molecule has 6 nitrogen and oxygen atoms in total. The van der Waals surface area contributed by atoms with Crippen molar-refractivity contribution in [3.05, 3.63) is 34.9 Å². The van der Waals surface area contributed by atoms with Crippen LogP contribution in [0.3, 0.4) is 0 Å². The number of carbonyl (C=O) groups is 2. The maximum atomic E-state index is 11.7. The Morgan fingerprint density at radius 3 is 2.62 bits per heavy atom. The smallest absolute Gasteiger partial charge is 0.324 e. The minimum atomic E-state index is -0.309. The Bertz CT molecular complexity index is 788. The molecule has 0 unspecified atom stereocenters. The van der Waals surface area contributed by atoms with E-state index in [0.29, 0.717) is 18.2 Å². The molecule has 2 heterocycles. The number of rotatable bonds is 7. The van der Waals surface area contributed by atoms with Gasteiger partial charge in [-0.05, 0) is 23.6 Å². The molecule has 0 atom stereocenters. The number of imide groups is 1. The Labute approximate surface area is 165 Å². The van der Waals surface area contributed by atoms with Crippen molar-refractivity contribution in [1.82, 2.24) is 19.8 Å². The number of amides is 3. The fourth-order valence-electron chi connectivity index (χ4n) is 2.78. The van der Waals surface area contributed by atoms with E-state index in [1.807, 2.05) is 18.3 Å². The summed E-state index contributed by atoms with van der Waals surface area (Å²) in [4.78, 5) is 29.1. The summed E-state index contributed by atoms with van der Waals surface area (Å²) in [6, 6.07) is 7.87. The number of thioether (sulfide) groups is 1. The number of hydrogen-bond acceptors (Lipinski definition) is 4. The van der Waals surface area contributed by atoms with E-state index >= 15 is 0 Å². The molecule has 0 saturated carbocycles. The number of nitrogens with one attached hydrogen (secondary N) is 1. The first-order chi connectivity index (χ1) is 12.5. The van der Waals surface area contributed by atoms with Crippen LogP contribution in [-0.4, -0.2) is 45.2 Å². The van der Waals surface area contributed by atoms with Gasteiger partial charge in [0.2, 0.25) is 5.91 Å². The maximum absolute atomic E-state index is 11.7. The van der Waals surface area contributed by atoms with Gasteiger partial charge in [-0.3, -0.25) is 9.69 Å². The van der Waals surface area contributed by atoms with E-state index in [9.17, 15) is 9.59 Å². The zero-order chi connectivity index (χ0) is 18.7. The zero-order valence-corrected chi connectivity index (χ0v) is 17.1. The molecule has 0 bridgehead atoms. The van der Waals surface area contributed by atoms with Crippen LogP contribution in [0.4, 0.5) is 4.79 Å². The molecular weight excluding hydrogens is 416 g/mol. The second kappa shape index (κ2) is 8.26. The number of halogens is 1. The van der Waals surface area contributed by atoms with Crippen LogP contribution in [-0.2, 0) is 11.3 Å². The average molecular weight is 437 g/mol. The molecular formula is C18H21BrN4O2S. The third kappa shape index (κ3) is 4.29. The number of urea groups is 1. The quantitative estimate of drug-likeness (QED) is 0.531. The van der Waals surface area contributed by atoms with E-state index in [-0.39, 0.29) is 18.5 Å². The summed E-state index contributed by atoms with van der Waals surface area (Å²) in [5.74, 6) is 0.925. The van der Waals surface area contributed by atoms with Crippen LogP contribution in [0.25, 0.3) is 11.3 Å². The number of nitrogens with zero attached hydrogens (tertiary/aromatic N) is 3. The molecule has 1 aliphatic rings. The van der Waals surface area contributed by atoms with E-state index in [0.717, 1.165) is 27.4 Å². The van der Waals surface area contributed by atoms with Gasteiger partial charge in [0.25, 0.3) is 0 Å². The van der Waals surface area contributed by atoms with Crippen LogP contribution in [0.5, 0.6) is 0 Å². The minimum Gasteiger partial charge on any atom is -0.329 e. The fourth-order valence-corrected chi connectivity index (χ4v) is 3.95. The molecule has 1 aromatic heterocycles. The van der Waals surface area contributed by atoms with Crippen molar-refractivity contribution >= 4 is 39.6 Å². The lowest BCUT2D eigenvalue weighted by Gasteiger charge is -2.15. The van der Waals surface area contributed by atoms with Gasteiger partial charge < -0.3 is 9.88 Å². The van der Waals surface area contributed by atoms with Crippen LogP contribution in [0.2, 0.25) is 0 Å². The third-order valence-electron chi connectivity index (χ3n) is 3.99. The molecule has 138 valence electrons. The summed E-state index contributed by atoms with van der Waals surface area (Å²) in [6.45, 7) is 5.69. The van der Waals surface area contributed by atoms with E-state index in [1.54, 1.807) is 11.8 Å². The molecule has 3 rings (SSSR count). The summed E-state index contributed by atoms with van der Waals surface area (Å²) in [7, 11) is 0. The van der Waals surface area contributed by atoms with Gasteiger partial charge in [0.15, 0.2) is 5.16 Å². The number of benzene rings is 1. The normalized spacial score (nSPS) is 14.4. The highest BCUT2D eigenvalue weighted by Gasteiger charge is 2.28. The lowest BCUT2D eigenvalue weighted by Crippen LogP contribution is -2.32. The van der Waals surface area contributed by atoms with E-state index in [2.05, 4.69) is 56.8 Å². The first-order valence-electron chi connectivity index (χ1n) is 8.48. The van der Waals surface area contributed by atoms with Gasteiger partial charge >= 0.3 is 6.03 Å². The summed E-state index contributed by atoms with van der Waals surface area (Å²) in [5.41, 5.74) is 2.19. The standard InChI is InChI=1S/C18H21BrN4O2S/c1-12(2)11-23-15(13-3-5-14(19)6-4-13)9-21-18(23)26-8-7-22-16(24)10-20-17(22)25/h3-6,9,12H,7-8,10-11H2,1-2H3,(H,20,25). The molecule has 1 fully saturated rings. The predicted octanol–water partition coefficient (Wildman–Crippen LogP) is 3.61. The average Bonchev–Trinajstić information content (AvgIpc) is 3.13. The lowest BCUT2D eigenvalue weighted by atomic mass is 10.1. The number of hydrogen-bond donors (Lipinski definition) is 1. The highest BCUT2D eigenvalue weighted by Crippen LogP contribution is 2.28. The van der Waals surface area contributed by atoms with Gasteiger partial charge in [0.05, 0.1) is 18.4 Å². The van der Waals surface area contributed by atoms with Crippen molar-refractivity contribution in [2.45, 2.75) is 25.5 Å². The maximum Gasteiger partial charge on any atom is 0.324 e. The monoisotopic (exact) mass is 436 g/mol. The predicted molar refractivity (Wildman–Crippen MR) is 106 cm³/mol. The molecule has 1 saturated heterocycles. The van der Waals surface area contributed by atoms with Crippen LogP contribution >= 0.6 is 27.7 Å². The summed E-state index contributed by atoms with van der Waals surface area (Å²) in [5, 5.41) is 3.45. The Hall–Kier alpha value is -1.80. The molecule has 0 radical (unpaired) electrons. The van der Waals surface area contributed by atoms with Gasteiger partial charge in [0.1, 0.15) is 0 Å². The van der Waals surface area contributed by atoms with Crippen LogP contribution < -0.4 is 5.32 Å². The van der Waals surface area contributed by atoms with Crippen LogP contribution in [0, 0.1) is 5.92 Å². The van der Waals surface area contributed by atoms with Gasteiger partial charge in [0, 0.05) is 23.3 Å². The first-order valence-corrected chi connectivity index (χ1v) is 10.3. The Kier molecular flexibility index (Phi) is 6.03. The van der Waals surface area contributed by atoms with Gasteiger partial charge in [-0.15, -0.1) is 0 Å². The fraction of sp³-hybridized carbons (Fsp3) is 0.389. The second-order valence-electron chi connectivity index (χ2n) is 6.49. The summed E-state index contributed by atoms with van der Waals surface area (Å²) >= 11 is 5.03. The van der Waals surface area contributed by atoms with Gasteiger partial charge in [-0.25, -0.2) is 9.78 Å². The largest absolute Gasteiger partial charge is 0.329 e. The number of carbonyl (C=O) groups excluding carboxylic acids is 2.